The van der Waals surface area contributed by atoms with E-state index in [2.05, 4.69) is 21.9 Å². The zero-order valence-corrected chi connectivity index (χ0v) is 9.83. The predicted molar refractivity (Wildman–Crippen MR) is 61.1 cm³/mol. The number of carbonyl (C=O) groups excluding carboxylic acids is 1. The summed E-state index contributed by atoms with van der Waals surface area (Å²) >= 11 is 0. The second-order valence-electron chi connectivity index (χ2n) is 4.33. The Hall–Kier alpha value is -1.20. The highest BCUT2D eigenvalue weighted by atomic mass is 16.1. The molecule has 1 fully saturated rings. The summed E-state index contributed by atoms with van der Waals surface area (Å²) in [5.74, 6) is 0. The number of piperazine rings is 1. The van der Waals surface area contributed by atoms with Gasteiger partial charge in [-0.3, -0.25) is 9.69 Å². The second-order valence-corrected chi connectivity index (χ2v) is 4.33. The van der Waals surface area contributed by atoms with Gasteiger partial charge < -0.3 is 4.90 Å². The van der Waals surface area contributed by atoms with E-state index in [1.807, 2.05) is 19.2 Å². The molecule has 0 radical (unpaired) electrons. The Kier molecular flexibility index (Phi) is 3.36. The van der Waals surface area contributed by atoms with Crippen molar-refractivity contribution in [2.45, 2.75) is 13.1 Å². The molecular weight excluding hydrogens is 204 g/mol. The Morgan fingerprint density at radius 3 is 2.56 bits per heavy atom. The van der Waals surface area contributed by atoms with Gasteiger partial charge in [0.05, 0.1) is 5.69 Å². The summed E-state index contributed by atoms with van der Waals surface area (Å²) in [6, 6.07) is 1.92. The van der Waals surface area contributed by atoms with Crippen molar-refractivity contribution in [3.63, 3.8) is 0 Å². The van der Waals surface area contributed by atoms with E-state index in [9.17, 15) is 4.79 Å². The second kappa shape index (κ2) is 4.76. The monoisotopic (exact) mass is 222 g/mol. The third kappa shape index (κ3) is 2.31. The number of hydrogen-bond acceptors (Lipinski definition) is 4. The summed E-state index contributed by atoms with van der Waals surface area (Å²) in [6.07, 6.45) is 2.59. The summed E-state index contributed by atoms with van der Waals surface area (Å²) in [7, 11) is 2.10. The standard InChI is InChI=1S/C11H18N4O/c1-10-3-4-15(12-10)11(9-16)14-7-5-13(2)6-8-14/h3-4,9,11H,5-8H2,1-2H3. The van der Waals surface area contributed by atoms with E-state index < -0.39 is 0 Å². The predicted octanol–water partition coefficient (Wildman–Crippen LogP) is 0.136. The highest BCUT2D eigenvalue weighted by Gasteiger charge is 2.23. The Morgan fingerprint density at radius 1 is 1.38 bits per heavy atom. The Labute approximate surface area is 95.6 Å². The minimum Gasteiger partial charge on any atom is -0.304 e. The smallest absolute Gasteiger partial charge is 0.160 e. The summed E-state index contributed by atoms with van der Waals surface area (Å²) in [5.41, 5.74) is 0.945. The molecule has 1 saturated heterocycles. The van der Waals surface area contributed by atoms with Crippen LogP contribution in [0.2, 0.25) is 0 Å². The number of hydrogen-bond donors (Lipinski definition) is 0. The lowest BCUT2D eigenvalue weighted by Gasteiger charge is -2.35. The van der Waals surface area contributed by atoms with Gasteiger partial charge in [-0.25, -0.2) is 4.68 Å². The van der Waals surface area contributed by atoms with Crippen molar-refractivity contribution >= 4 is 6.29 Å². The Morgan fingerprint density at radius 2 is 2.06 bits per heavy atom. The van der Waals surface area contributed by atoms with Crippen molar-refractivity contribution in [2.75, 3.05) is 33.2 Å². The maximum absolute atomic E-state index is 11.2. The van der Waals surface area contributed by atoms with Crippen LogP contribution in [0.3, 0.4) is 0 Å². The minimum absolute atomic E-state index is 0.248. The maximum atomic E-state index is 11.2. The van der Waals surface area contributed by atoms with Crippen molar-refractivity contribution in [3.05, 3.63) is 18.0 Å². The van der Waals surface area contributed by atoms with Crippen LogP contribution in [0.25, 0.3) is 0 Å². The minimum atomic E-state index is -0.248. The number of nitrogens with zero attached hydrogens (tertiary/aromatic N) is 4. The molecule has 88 valence electrons. The van der Waals surface area contributed by atoms with Crippen LogP contribution in [0.1, 0.15) is 11.9 Å². The molecule has 2 rings (SSSR count). The summed E-state index contributed by atoms with van der Waals surface area (Å²) in [6.45, 7) is 5.77. The van der Waals surface area contributed by atoms with Gasteiger partial charge in [-0.1, -0.05) is 0 Å². The largest absolute Gasteiger partial charge is 0.304 e. The molecule has 5 nitrogen and oxygen atoms in total. The zero-order chi connectivity index (χ0) is 11.5. The van der Waals surface area contributed by atoms with E-state index in [1.165, 1.54) is 0 Å². The molecule has 0 N–H and O–H groups in total. The number of carbonyl (C=O) groups is 1. The van der Waals surface area contributed by atoms with Crippen molar-refractivity contribution < 1.29 is 4.79 Å². The van der Waals surface area contributed by atoms with Crippen molar-refractivity contribution in [1.29, 1.82) is 0 Å². The van der Waals surface area contributed by atoms with Crippen LogP contribution in [0.4, 0.5) is 0 Å². The van der Waals surface area contributed by atoms with Crippen LogP contribution >= 0.6 is 0 Å². The summed E-state index contributed by atoms with van der Waals surface area (Å²) in [5, 5.41) is 4.31. The first-order chi connectivity index (χ1) is 7.70. The van der Waals surface area contributed by atoms with Gasteiger partial charge in [0.1, 0.15) is 0 Å². The highest BCUT2D eigenvalue weighted by molar-refractivity contribution is 5.55. The summed E-state index contributed by atoms with van der Waals surface area (Å²) in [4.78, 5) is 15.6. The number of aromatic nitrogens is 2. The number of likely N-dealkylation sites (N-methyl/N-ethyl adjacent to an activating group) is 1. The third-order valence-electron chi connectivity index (χ3n) is 3.05. The van der Waals surface area contributed by atoms with E-state index in [1.54, 1.807) is 4.68 Å². The van der Waals surface area contributed by atoms with Gasteiger partial charge in [-0.15, -0.1) is 0 Å². The molecule has 0 aliphatic carbocycles. The first-order valence-electron chi connectivity index (χ1n) is 5.60. The molecule has 0 aromatic carbocycles. The van der Waals surface area contributed by atoms with Crippen LogP contribution < -0.4 is 0 Å². The average Bonchev–Trinajstić information content (AvgIpc) is 2.69. The highest BCUT2D eigenvalue weighted by Crippen LogP contribution is 2.12. The fraction of sp³-hybridized carbons (Fsp3) is 0.636. The Balaban J connectivity index is 2.08. The lowest BCUT2D eigenvalue weighted by Crippen LogP contribution is -2.47. The van der Waals surface area contributed by atoms with Crippen molar-refractivity contribution in [1.82, 2.24) is 19.6 Å². The number of aryl methyl sites for hydroxylation is 1. The Bertz CT molecular complexity index is 355. The molecule has 16 heavy (non-hydrogen) atoms. The molecule has 1 unspecified atom stereocenters. The van der Waals surface area contributed by atoms with Crippen LogP contribution in [-0.4, -0.2) is 59.1 Å². The zero-order valence-electron chi connectivity index (χ0n) is 9.83. The average molecular weight is 222 g/mol. The van der Waals surface area contributed by atoms with Crippen molar-refractivity contribution in [3.8, 4) is 0 Å². The van der Waals surface area contributed by atoms with Gasteiger partial charge in [0.15, 0.2) is 12.5 Å². The molecule has 0 bridgehead atoms. The molecule has 0 spiro atoms. The van der Waals surface area contributed by atoms with Gasteiger partial charge in [0.25, 0.3) is 0 Å². The molecule has 1 atom stereocenters. The molecule has 1 aliphatic rings. The molecule has 2 heterocycles. The van der Waals surface area contributed by atoms with Crippen molar-refractivity contribution in [2.24, 2.45) is 0 Å². The fourth-order valence-corrected chi connectivity index (χ4v) is 1.98. The maximum Gasteiger partial charge on any atom is 0.160 e. The van der Waals surface area contributed by atoms with Gasteiger partial charge >= 0.3 is 0 Å². The van der Waals surface area contributed by atoms with Crippen LogP contribution in [0.5, 0.6) is 0 Å². The van der Waals surface area contributed by atoms with E-state index in [4.69, 9.17) is 0 Å². The molecule has 1 aliphatic heterocycles. The van der Waals surface area contributed by atoms with E-state index in [-0.39, 0.29) is 6.17 Å². The first kappa shape index (κ1) is 11.3. The van der Waals surface area contributed by atoms with Gasteiger partial charge in [-0.2, -0.15) is 5.10 Å². The molecule has 5 heteroatoms. The third-order valence-corrected chi connectivity index (χ3v) is 3.05. The quantitative estimate of drug-likeness (QED) is 0.682. The summed E-state index contributed by atoms with van der Waals surface area (Å²) < 4.78 is 1.74. The molecular formula is C11H18N4O. The van der Waals surface area contributed by atoms with E-state index in [0.29, 0.717) is 0 Å². The van der Waals surface area contributed by atoms with Crippen LogP contribution in [-0.2, 0) is 4.79 Å². The van der Waals surface area contributed by atoms with Gasteiger partial charge in [-0.05, 0) is 20.0 Å². The lowest BCUT2D eigenvalue weighted by molar-refractivity contribution is -0.116. The van der Waals surface area contributed by atoms with E-state index in [0.717, 1.165) is 38.2 Å². The van der Waals surface area contributed by atoms with Crippen LogP contribution in [0, 0.1) is 6.92 Å². The van der Waals surface area contributed by atoms with E-state index >= 15 is 0 Å². The van der Waals surface area contributed by atoms with Gasteiger partial charge in [0.2, 0.25) is 0 Å². The molecule has 0 amide bonds. The normalized spacial score (nSPS) is 20.9. The van der Waals surface area contributed by atoms with Gasteiger partial charge in [0, 0.05) is 32.4 Å². The molecule has 0 saturated carbocycles. The topological polar surface area (TPSA) is 41.4 Å². The first-order valence-corrected chi connectivity index (χ1v) is 5.60. The molecule has 1 aromatic heterocycles. The fourth-order valence-electron chi connectivity index (χ4n) is 1.98. The molecule has 1 aromatic rings. The number of rotatable bonds is 3. The SMILES string of the molecule is Cc1ccn(C(C=O)N2CCN(C)CC2)n1. The number of aldehydes is 1. The lowest BCUT2D eigenvalue weighted by atomic mass is 10.3. The van der Waals surface area contributed by atoms with Crippen LogP contribution in [0.15, 0.2) is 12.3 Å².